The molecule has 7 aromatic carbocycles. The molecule has 3 aromatic heterocycles. The van der Waals surface area contributed by atoms with Gasteiger partial charge in [-0.1, -0.05) is 121 Å². The monoisotopic (exact) mass is 631 g/mol. The molecule has 0 amide bonds. The Morgan fingerprint density at radius 1 is 0.396 bits per heavy atom. The number of rotatable bonds is 4. The molecule has 0 bridgehead atoms. The van der Waals surface area contributed by atoms with Gasteiger partial charge in [0.05, 0.1) is 0 Å². The van der Waals surface area contributed by atoms with E-state index in [1.165, 1.54) is 31.1 Å². The van der Waals surface area contributed by atoms with Crippen LogP contribution >= 0.6 is 11.3 Å². The molecule has 0 fully saturated rings. The van der Waals surface area contributed by atoms with Gasteiger partial charge >= 0.3 is 0 Å². The van der Waals surface area contributed by atoms with Gasteiger partial charge < -0.3 is 4.42 Å². The normalized spacial score (nSPS) is 11.8. The van der Waals surface area contributed by atoms with E-state index in [4.69, 9.17) is 19.4 Å². The van der Waals surface area contributed by atoms with Crippen LogP contribution in [0.3, 0.4) is 0 Å². The van der Waals surface area contributed by atoms with E-state index in [9.17, 15) is 0 Å². The zero-order valence-electron chi connectivity index (χ0n) is 25.6. The molecule has 10 aromatic rings. The Balaban J connectivity index is 1.26. The van der Waals surface area contributed by atoms with Crippen molar-refractivity contribution in [3.8, 4) is 45.3 Å². The molecule has 5 heteroatoms. The zero-order chi connectivity index (χ0) is 31.6. The standard InChI is InChI=1S/C43H25N3OS/c1-2-12-27(13-3-1)41-44-42(29-24-23-26-11-4-5-14-28(26)25-29)46-43(45-41)33-18-9-20-35-40(33)39-31(16-8-19-34(39)47-35)30-17-10-22-37-38(30)32-15-6-7-21-36(32)48-37/h1-25H. The maximum Gasteiger partial charge on any atom is 0.164 e. The molecule has 0 saturated carbocycles. The fourth-order valence-corrected chi connectivity index (χ4v) is 8.08. The Kier molecular flexibility index (Phi) is 6.01. The van der Waals surface area contributed by atoms with E-state index in [1.807, 2.05) is 53.8 Å². The molecule has 0 unspecified atom stereocenters. The lowest BCUT2D eigenvalue weighted by atomic mass is 9.94. The fraction of sp³-hybridized carbons (Fsp3) is 0. The summed E-state index contributed by atoms with van der Waals surface area (Å²) in [6.07, 6.45) is 0. The first-order valence-electron chi connectivity index (χ1n) is 15.9. The van der Waals surface area contributed by atoms with Gasteiger partial charge in [-0.15, -0.1) is 11.3 Å². The molecule has 3 heterocycles. The van der Waals surface area contributed by atoms with Crippen molar-refractivity contribution in [2.75, 3.05) is 0 Å². The van der Waals surface area contributed by atoms with Crippen molar-refractivity contribution < 1.29 is 4.42 Å². The van der Waals surface area contributed by atoms with Gasteiger partial charge in [-0.05, 0) is 52.2 Å². The summed E-state index contributed by atoms with van der Waals surface area (Å²) in [6, 6.07) is 52.6. The first-order chi connectivity index (χ1) is 23.8. The van der Waals surface area contributed by atoms with E-state index in [1.54, 1.807) is 0 Å². The van der Waals surface area contributed by atoms with E-state index in [0.29, 0.717) is 17.5 Å². The molecule has 0 radical (unpaired) electrons. The quantitative estimate of drug-likeness (QED) is 0.194. The summed E-state index contributed by atoms with van der Waals surface area (Å²) in [5, 5.41) is 6.90. The summed E-state index contributed by atoms with van der Waals surface area (Å²) < 4.78 is 9.12. The van der Waals surface area contributed by atoms with Crippen LogP contribution in [0.1, 0.15) is 0 Å². The van der Waals surface area contributed by atoms with E-state index < -0.39 is 0 Å². The van der Waals surface area contributed by atoms with Crippen LogP contribution < -0.4 is 0 Å². The third-order valence-corrected chi connectivity index (χ3v) is 10.3. The van der Waals surface area contributed by atoms with Crippen molar-refractivity contribution in [1.29, 1.82) is 0 Å². The number of nitrogens with zero attached hydrogens (tertiary/aromatic N) is 3. The number of aromatic nitrogens is 3. The molecule has 0 aliphatic carbocycles. The number of hydrogen-bond acceptors (Lipinski definition) is 5. The van der Waals surface area contributed by atoms with E-state index >= 15 is 0 Å². The van der Waals surface area contributed by atoms with Crippen LogP contribution in [0.15, 0.2) is 156 Å². The van der Waals surface area contributed by atoms with Crippen molar-refractivity contribution in [3.63, 3.8) is 0 Å². The minimum Gasteiger partial charge on any atom is -0.456 e. The molecule has 0 N–H and O–H groups in total. The molecular formula is C43H25N3OS. The topological polar surface area (TPSA) is 51.8 Å². The average molecular weight is 632 g/mol. The summed E-state index contributed by atoms with van der Waals surface area (Å²) in [5.74, 6) is 1.86. The summed E-state index contributed by atoms with van der Waals surface area (Å²) in [5.41, 5.74) is 6.72. The minimum atomic E-state index is 0.606. The van der Waals surface area contributed by atoms with Crippen LogP contribution in [-0.2, 0) is 0 Å². The van der Waals surface area contributed by atoms with E-state index in [0.717, 1.165) is 49.6 Å². The van der Waals surface area contributed by atoms with Gasteiger partial charge in [-0.3, -0.25) is 0 Å². The predicted molar refractivity (Wildman–Crippen MR) is 199 cm³/mol. The lowest BCUT2D eigenvalue weighted by Gasteiger charge is -2.11. The number of furan rings is 1. The van der Waals surface area contributed by atoms with Gasteiger partial charge in [0.15, 0.2) is 17.5 Å². The highest BCUT2D eigenvalue weighted by Crippen LogP contribution is 2.45. The molecular weight excluding hydrogens is 607 g/mol. The number of hydrogen-bond donors (Lipinski definition) is 0. The highest BCUT2D eigenvalue weighted by atomic mass is 32.1. The minimum absolute atomic E-state index is 0.606. The van der Waals surface area contributed by atoms with Crippen LogP contribution in [0.5, 0.6) is 0 Å². The second-order valence-electron chi connectivity index (χ2n) is 12.0. The second-order valence-corrected chi connectivity index (χ2v) is 13.1. The van der Waals surface area contributed by atoms with Gasteiger partial charge in [0.1, 0.15) is 11.2 Å². The first kappa shape index (κ1) is 27.0. The Hall–Kier alpha value is -6.17. The van der Waals surface area contributed by atoms with E-state index in [2.05, 4.69) is 109 Å². The largest absolute Gasteiger partial charge is 0.456 e. The van der Waals surface area contributed by atoms with Crippen molar-refractivity contribution >= 4 is 64.2 Å². The second kappa shape index (κ2) is 10.7. The van der Waals surface area contributed by atoms with Gasteiger partial charge in [0.25, 0.3) is 0 Å². The Bertz CT molecular complexity index is 2850. The van der Waals surface area contributed by atoms with Gasteiger partial charge in [0.2, 0.25) is 0 Å². The number of fused-ring (bicyclic) bond motifs is 7. The molecule has 10 rings (SSSR count). The molecule has 0 spiro atoms. The van der Waals surface area contributed by atoms with Crippen LogP contribution in [0.4, 0.5) is 0 Å². The SMILES string of the molecule is c1ccc(-c2nc(-c3ccc4ccccc4c3)nc(-c3cccc4oc5cccc(-c6cccc7sc8ccccc8c67)c5c34)n2)cc1. The van der Waals surface area contributed by atoms with Gasteiger partial charge in [-0.2, -0.15) is 0 Å². The van der Waals surface area contributed by atoms with Crippen LogP contribution in [0, 0.1) is 0 Å². The molecule has 224 valence electrons. The van der Waals surface area contributed by atoms with Crippen molar-refractivity contribution in [1.82, 2.24) is 15.0 Å². The third-order valence-electron chi connectivity index (χ3n) is 9.13. The lowest BCUT2D eigenvalue weighted by Crippen LogP contribution is -2.00. The van der Waals surface area contributed by atoms with Crippen LogP contribution in [-0.4, -0.2) is 15.0 Å². The molecule has 4 nitrogen and oxygen atoms in total. The van der Waals surface area contributed by atoms with Gasteiger partial charge in [0, 0.05) is 47.6 Å². The molecule has 0 saturated heterocycles. The van der Waals surface area contributed by atoms with Gasteiger partial charge in [-0.25, -0.2) is 15.0 Å². The maximum absolute atomic E-state index is 6.57. The lowest BCUT2D eigenvalue weighted by molar-refractivity contribution is 0.669. The van der Waals surface area contributed by atoms with E-state index in [-0.39, 0.29) is 0 Å². The van der Waals surface area contributed by atoms with Crippen LogP contribution in [0.2, 0.25) is 0 Å². The molecule has 0 aliphatic heterocycles. The summed E-state index contributed by atoms with van der Waals surface area (Å²) in [6.45, 7) is 0. The first-order valence-corrected chi connectivity index (χ1v) is 16.8. The average Bonchev–Trinajstić information content (AvgIpc) is 3.73. The Labute approximate surface area is 279 Å². The number of thiophene rings is 1. The fourth-order valence-electron chi connectivity index (χ4n) is 6.95. The Morgan fingerprint density at radius 2 is 1.00 bits per heavy atom. The molecule has 0 atom stereocenters. The Morgan fingerprint density at radius 3 is 1.83 bits per heavy atom. The zero-order valence-corrected chi connectivity index (χ0v) is 26.4. The predicted octanol–water partition coefficient (Wildman–Crippen LogP) is 12.0. The highest BCUT2D eigenvalue weighted by molar-refractivity contribution is 7.25. The van der Waals surface area contributed by atoms with Crippen molar-refractivity contribution in [2.45, 2.75) is 0 Å². The third kappa shape index (κ3) is 4.25. The smallest absolute Gasteiger partial charge is 0.164 e. The maximum atomic E-state index is 6.57. The molecule has 0 aliphatic rings. The van der Waals surface area contributed by atoms with Crippen LogP contribution in [0.25, 0.3) is 98.2 Å². The van der Waals surface area contributed by atoms with Crippen molar-refractivity contribution in [3.05, 3.63) is 152 Å². The summed E-state index contributed by atoms with van der Waals surface area (Å²) in [4.78, 5) is 15.3. The summed E-state index contributed by atoms with van der Waals surface area (Å²) in [7, 11) is 0. The number of benzene rings is 7. The highest BCUT2D eigenvalue weighted by Gasteiger charge is 2.21. The summed E-state index contributed by atoms with van der Waals surface area (Å²) >= 11 is 1.83. The van der Waals surface area contributed by atoms with Crippen molar-refractivity contribution in [2.24, 2.45) is 0 Å². The molecule has 48 heavy (non-hydrogen) atoms.